The first-order valence-electron chi connectivity index (χ1n) is 8.14. The number of piperidine rings is 1. The molecule has 0 atom stereocenters. The van der Waals surface area contributed by atoms with Gasteiger partial charge in [-0.15, -0.1) is 0 Å². The van der Waals surface area contributed by atoms with Crippen molar-refractivity contribution >= 4 is 17.5 Å². The standard InChI is InChI=1S/C20H23NOS/c1-16(22)20(12-14-21(2)15-13-20)18-10-6-7-11-19(18)23-17-8-4-3-5-9-17/h3-11H,12-15H2,1-2H3. The zero-order valence-corrected chi connectivity index (χ0v) is 14.6. The second-order valence-electron chi connectivity index (χ2n) is 6.35. The highest BCUT2D eigenvalue weighted by Gasteiger charge is 2.41. The largest absolute Gasteiger partial charge is 0.306 e. The molecule has 2 aromatic carbocycles. The topological polar surface area (TPSA) is 20.3 Å². The van der Waals surface area contributed by atoms with Crippen LogP contribution in [0.3, 0.4) is 0 Å². The third kappa shape index (κ3) is 3.36. The molecular formula is C20H23NOS. The highest BCUT2D eigenvalue weighted by atomic mass is 32.2. The number of benzene rings is 2. The molecule has 0 spiro atoms. The van der Waals surface area contributed by atoms with E-state index in [0.29, 0.717) is 5.78 Å². The van der Waals surface area contributed by atoms with Crippen LogP contribution in [0.15, 0.2) is 64.4 Å². The maximum Gasteiger partial charge on any atom is 0.140 e. The smallest absolute Gasteiger partial charge is 0.140 e. The lowest BCUT2D eigenvalue weighted by Crippen LogP contribution is -2.45. The van der Waals surface area contributed by atoms with E-state index in [-0.39, 0.29) is 5.41 Å². The normalized spacial score (nSPS) is 17.8. The number of ketones is 1. The Balaban J connectivity index is 1.99. The van der Waals surface area contributed by atoms with Crippen molar-refractivity contribution in [3.63, 3.8) is 0 Å². The van der Waals surface area contributed by atoms with Gasteiger partial charge in [-0.3, -0.25) is 4.79 Å². The summed E-state index contributed by atoms with van der Waals surface area (Å²) in [4.78, 5) is 17.3. The van der Waals surface area contributed by atoms with Gasteiger partial charge in [0.25, 0.3) is 0 Å². The molecule has 2 aromatic rings. The summed E-state index contributed by atoms with van der Waals surface area (Å²) >= 11 is 1.76. The van der Waals surface area contributed by atoms with Gasteiger partial charge in [-0.1, -0.05) is 48.2 Å². The van der Waals surface area contributed by atoms with E-state index in [4.69, 9.17) is 0 Å². The second kappa shape index (κ2) is 6.90. The Morgan fingerprint density at radius 1 is 1.00 bits per heavy atom. The lowest BCUT2D eigenvalue weighted by atomic mass is 9.70. The number of Topliss-reactive ketones (excluding diaryl/α,β-unsaturated/α-hetero) is 1. The third-order valence-electron chi connectivity index (χ3n) is 4.89. The Kier molecular flexibility index (Phi) is 4.88. The second-order valence-corrected chi connectivity index (χ2v) is 7.47. The first-order valence-corrected chi connectivity index (χ1v) is 8.95. The summed E-state index contributed by atoms with van der Waals surface area (Å²) in [5, 5.41) is 0. The Labute approximate surface area is 142 Å². The number of hydrogen-bond acceptors (Lipinski definition) is 3. The lowest BCUT2D eigenvalue weighted by Gasteiger charge is -2.40. The van der Waals surface area contributed by atoms with E-state index in [1.165, 1.54) is 15.4 Å². The molecule has 3 rings (SSSR count). The average Bonchev–Trinajstić information content (AvgIpc) is 2.57. The van der Waals surface area contributed by atoms with E-state index in [1.54, 1.807) is 18.7 Å². The van der Waals surface area contributed by atoms with Crippen LogP contribution in [-0.4, -0.2) is 30.8 Å². The molecule has 120 valence electrons. The predicted octanol–water partition coefficient (Wildman–Crippen LogP) is 4.39. The van der Waals surface area contributed by atoms with Crippen molar-refractivity contribution in [1.82, 2.24) is 4.90 Å². The van der Waals surface area contributed by atoms with Crippen LogP contribution in [0.4, 0.5) is 0 Å². The fourth-order valence-electron chi connectivity index (χ4n) is 3.38. The highest BCUT2D eigenvalue weighted by molar-refractivity contribution is 7.99. The summed E-state index contributed by atoms with van der Waals surface area (Å²) in [5.41, 5.74) is 0.875. The molecule has 0 unspecified atom stereocenters. The molecule has 1 aliphatic heterocycles. The van der Waals surface area contributed by atoms with E-state index in [9.17, 15) is 4.79 Å². The molecule has 0 aliphatic carbocycles. The van der Waals surface area contributed by atoms with Gasteiger partial charge in [0.2, 0.25) is 0 Å². The molecule has 3 heteroatoms. The maximum atomic E-state index is 12.6. The quantitative estimate of drug-likeness (QED) is 0.831. The molecule has 0 N–H and O–H groups in total. The first kappa shape index (κ1) is 16.3. The summed E-state index contributed by atoms with van der Waals surface area (Å²) in [6.45, 7) is 3.71. The van der Waals surface area contributed by atoms with Crippen LogP contribution in [0, 0.1) is 0 Å². The molecule has 0 bridgehead atoms. The van der Waals surface area contributed by atoms with Crippen molar-refractivity contribution in [3.8, 4) is 0 Å². The van der Waals surface area contributed by atoms with Crippen molar-refractivity contribution in [3.05, 3.63) is 60.2 Å². The van der Waals surface area contributed by atoms with Gasteiger partial charge in [0.15, 0.2) is 0 Å². The minimum atomic E-state index is -0.328. The van der Waals surface area contributed by atoms with Crippen LogP contribution in [0.5, 0.6) is 0 Å². The fraction of sp³-hybridized carbons (Fsp3) is 0.350. The van der Waals surface area contributed by atoms with Crippen molar-refractivity contribution in [1.29, 1.82) is 0 Å². The van der Waals surface area contributed by atoms with Gasteiger partial charge in [0, 0.05) is 9.79 Å². The SMILES string of the molecule is CC(=O)C1(c2ccccc2Sc2ccccc2)CCN(C)CC1. The third-order valence-corrected chi connectivity index (χ3v) is 5.97. The number of carbonyl (C=O) groups excluding carboxylic acids is 1. The molecule has 0 saturated carbocycles. The van der Waals surface area contributed by atoms with Crippen LogP contribution >= 0.6 is 11.8 Å². The molecule has 0 radical (unpaired) electrons. The van der Waals surface area contributed by atoms with E-state index in [2.05, 4.69) is 60.5 Å². The van der Waals surface area contributed by atoms with Crippen molar-refractivity contribution in [2.45, 2.75) is 35.0 Å². The molecular weight excluding hydrogens is 302 g/mol. The zero-order valence-electron chi connectivity index (χ0n) is 13.8. The lowest BCUT2D eigenvalue weighted by molar-refractivity contribution is -0.124. The van der Waals surface area contributed by atoms with Crippen LogP contribution < -0.4 is 0 Å². The minimum Gasteiger partial charge on any atom is -0.306 e. The number of rotatable bonds is 4. The Hall–Kier alpha value is -1.58. The molecule has 1 heterocycles. The van der Waals surface area contributed by atoms with E-state index < -0.39 is 0 Å². The number of hydrogen-bond donors (Lipinski definition) is 0. The molecule has 0 aromatic heterocycles. The van der Waals surface area contributed by atoms with Gasteiger partial charge in [0.05, 0.1) is 5.41 Å². The Bertz CT molecular complexity index is 675. The summed E-state index contributed by atoms with van der Waals surface area (Å²) in [5.74, 6) is 0.298. The van der Waals surface area contributed by atoms with Crippen LogP contribution in [0.25, 0.3) is 0 Å². The average molecular weight is 325 g/mol. The summed E-state index contributed by atoms with van der Waals surface area (Å²) in [6.07, 6.45) is 1.82. The highest BCUT2D eigenvalue weighted by Crippen LogP contribution is 2.42. The number of carbonyl (C=O) groups is 1. The van der Waals surface area contributed by atoms with E-state index in [1.807, 2.05) is 6.07 Å². The maximum absolute atomic E-state index is 12.6. The van der Waals surface area contributed by atoms with Gasteiger partial charge < -0.3 is 4.90 Å². The number of likely N-dealkylation sites (tertiary alicyclic amines) is 1. The molecule has 1 saturated heterocycles. The summed E-state index contributed by atoms with van der Waals surface area (Å²) in [6, 6.07) is 18.8. The van der Waals surface area contributed by atoms with Crippen LogP contribution in [0.1, 0.15) is 25.3 Å². The van der Waals surface area contributed by atoms with Crippen molar-refractivity contribution in [2.75, 3.05) is 20.1 Å². The minimum absolute atomic E-state index is 0.298. The van der Waals surface area contributed by atoms with E-state index >= 15 is 0 Å². The summed E-state index contributed by atoms with van der Waals surface area (Å²) < 4.78 is 0. The first-order chi connectivity index (χ1) is 11.1. The van der Waals surface area contributed by atoms with Crippen LogP contribution in [0.2, 0.25) is 0 Å². The van der Waals surface area contributed by atoms with Gasteiger partial charge in [-0.2, -0.15) is 0 Å². The van der Waals surface area contributed by atoms with Gasteiger partial charge in [-0.05, 0) is 63.7 Å². The van der Waals surface area contributed by atoms with Crippen molar-refractivity contribution in [2.24, 2.45) is 0 Å². The predicted molar refractivity (Wildman–Crippen MR) is 96.1 cm³/mol. The number of nitrogens with zero attached hydrogens (tertiary/aromatic N) is 1. The van der Waals surface area contributed by atoms with Gasteiger partial charge in [-0.25, -0.2) is 0 Å². The van der Waals surface area contributed by atoms with Crippen LogP contribution in [-0.2, 0) is 10.2 Å². The Morgan fingerprint density at radius 2 is 1.61 bits per heavy atom. The molecule has 2 nitrogen and oxygen atoms in total. The molecule has 23 heavy (non-hydrogen) atoms. The van der Waals surface area contributed by atoms with E-state index in [0.717, 1.165) is 25.9 Å². The molecule has 1 aliphatic rings. The summed E-state index contributed by atoms with van der Waals surface area (Å²) in [7, 11) is 2.13. The van der Waals surface area contributed by atoms with Gasteiger partial charge in [0.1, 0.15) is 5.78 Å². The molecule has 0 amide bonds. The van der Waals surface area contributed by atoms with Gasteiger partial charge >= 0.3 is 0 Å². The molecule has 1 fully saturated rings. The van der Waals surface area contributed by atoms with Crippen molar-refractivity contribution < 1.29 is 4.79 Å². The Morgan fingerprint density at radius 3 is 2.26 bits per heavy atom. The zero-order chi connectivity index (χ0) is 16.3. The fourth-order valence-corrected chi connectivity index (χ4v) is 4.44. The monoisotopic (exact) mass is 325 g/mol.